The van der Waals surface area contributed by atoms with E-state index in [4.69, 9.17) is 18.8 Å². The maximum absolute atomic E-state index is 14.0. The zero-order valence-electron chi connectivity index (χ0n) is 54.5. The molecule has 17 rings (SSSR count). The molecule has 6 aliphatic rings. The molecule has 9 unspecified atom stereocenters. The van der Waals surface area contributed by atoms with Crippen molar-refractivity contribution in [2.75, 3.05) is 0 Å². The second-order valence-corrected chi connectivity index (χ2v) is 26.8. The third-order valence-electron chi connectivity index (χ3n) is 20.8. The van der Waals surface area contributed by atoms with Crippen molar-refractivity contribution in [3.8, 4) is 39.9 Å². The number of aromatic hydroxyl groups is 1. The van der Waals surface area contributed by atoms with Crippen LogP contribution in [-0.4, -0.2) is 119 Å². The minimum Gasteiger partial charge on any atom is -0.508 e. The summed E-state index contributed by atoms with van der Waals surface area (Å²) < 4.78 is 12.3. The van der Waals surface area contributed by atoms with E-state index in [1.54, 1.807) is 73.6 Å². The quantitative estimate of drug-likeness (QED) is 0.127. The Balaban J connectivity index is 0.000000119. The van der Waals surface area contributed by atoms with E-state index in [1.165, 1.54) is 0 Å². The predicted molar refractivity (Wildman–Crippen MR) is 367 cm³/mol. The summed E-state index contributed by atoms with van der Waals surface area (Å²) >= 11 is 0. The van der Waals surface area contributed by atoms with E-state index in [9.17, 15) is 24.3 Å². The first-order chi connectivity index (χ1) is 47.4. The van der Waals surface area contributed by atoms with Gasteiger partial charge in [-0.05, 0) is 165 Å². The van der Waals surface area contributed by atoms with Crippen LogP contribution in [0.1, 0.15) is 154 Å². The minimum absolute atomic E-state index is 0.0475. The molecule has 6 aliphatic heterocycles. The summed E-state index contributed by atoms with van der Waals surface area (Å²) in [5, 5.41) is 10.1. The summed E-state index contributed by atoms with van der Waals surface area (Å²) in [7, 11) is 0. The molecule has 9 atom stereocenters. The lowest BCUT2D eigenvalue weighted by Gasteiger charge is -2.40. The summed E-state index contributed by atoms with van der Waals surface area (Å²) in [6, 6.07) is 46.4. The number of fused-ring (bicyclic) bond motifs is 8. The molecule has 5 aromatic heterocycles. The van der Waals surface area contributed by atoms with Gasteiger partial charge in [0.25, 0.3) is 17.7 Å². The number of para-hydroxylation sites is 5. The normalized spacial score (nSPS) is 22.2. The smallest absolute Gasteiger partial charge is 0.255 e. The van der Waals surface area contributed by atoms with Crippen LogP contribution in [0.5, 0.6) is 5.75 Å². The Hall–Kier alpha value is -10.6. The van der Waals surface area contributed by atoms with E-state index < -0.39 is 0 Å². The highest BCUT2D eigenvalue weighted by Crippen LogP contribution is 2.48. The Morgan fingerprint density at radius 2 is 0.773 bits per heavy atom. The van der Waals surface area contributed by atoms with Crippen LogP contribution < -0.4 is 0 Å². The standard InChI is InChI=1S/C27H27N3O3.2C26H24N4O2/c1-17-7-10-20(26-28-13-4-14-29-26)22(15-17)27(33)30-19-8-11-21(23(30)12-9-19)25(32)16-18-5-2-3-6-24(18)31;2*1-16-7-10-18(24-27-13-4-14-28-24)20(15-16)26(31)30-17-8-11-19(22(30)12-9-17)25-29-21-5-2-3-6-23(21)32-25/h2-7,10,13-15,19,21,23,31H,8-9,11-12,16H2,1H3;2*2-7,10,13-15,17,19,22H,8-9,11-12H2,1H3. The molecule has 18 nitrogen and oxygen atoms in total. The zero-order valence-corrected chi connectivity index (χ0v) is 54.5. The van der Waals surface area contributed by atoms with Crippen molar-refractivity contribution in [3.63, 3.8) is 0 Å². The fourth-order valence-electron chi connectivity index (χ4n) is 16.3. The van der Waals surface area contributed by atoms with Crippen molar-refractivity contribution in [1.29, 1.82) is 0 Å². The number of carbonyl (C=O) groups excluding carboxylic acids is 4. The van der Waals surface area contributed by atoms with Crippen LogP contribution in [0.3, 0.4) is 0 Å². The van der Waals surface area contributed by atoms with Crippen molar-refractivity contribution in [2.24, 2.45) is 5.92 Å². The van der Waals surface area contributed by atoms with Crippen LogP contribution in [0.25, 0.3) is 56.4 Å². The number of amides is 3. The fourth-order valence-corrected chi connectivity index (χ4v) is 16.3. The van der Waals surface area contributed by atoms with Gasteiger partial charge in [0.1, 0.15) is 22.6 Å². The highest BCUT2D eigenvalue weighted by molar-refractivity contribution is 6.03. The Bertz CT molecular complexity index is 4470. The molecular weight excluding hydrogens is 1210 g/mol. The monoisotopic (exact) mass is 1290 g/mol. The van der Waals surface area contributed by atoms with Crippen molar-refractivity contribution in [1.82, 2.24) is 54.6 Å². The maximum Gasteiger partial charge on any atom is 0.255 e. The molecule has 3 amide bonds. The summed E-state index contributed by atoms with van der Waals surface area (Å²) in [6.07, 6.45) is 21.7. The number of phenols is 1. The number of aromatic nitrogens is 8. The van der Waals surface area contributed by atoms with Crippen LogP contribution in [0.2, 0.25) is 0 Å². The molecule has 6 aromatic carbocycles. The number of ketones is 1. The lowest BCUT2D eigenvalue weighted by molar-refractivity contribution is -0.125. The first-order valence-corrected chi connectivity index (χ1v) is 34.0. The number of carbonyl (C=O) groups is 4. The Morgan fingerprint density at radius 1 is 0.412 bits per heavy atom. The summed E-state index contributed by atoms with van der Waals surface area (Å²) in [5.41, 5.74) is 11.3. The number of piperidine rings is 3. The number of nitrogens with zero attached hydrogens (tertiary/aromatic N) is 11. The van der Waals surface area contributed by atoms with E-state index in [0.29, 0.717) is 45.3 Å². The number of phenolic OH excluding ortho intramolecular Hbond substituents is 1. The second kappa shape index (κ2) is 26.9. The van der Waals surface area contributed by atoms with Gasteiger partial charge in [-0.25, -0.2) is 39.9 Å². The zero-order chi connectivity index (χ0) is 66.3. The van der Waals surface area contributed by atoms with Gasteiger partial charge in [0, 0.05) is 108 Å². The molecule has 11 aromatic rings. The average Bonchev–Trinajstić information content (AvgIpc) is 1.73. The van der Waals surface area contributed by atoms with Crippen molar-refractivity contribution in [3.05, 3.63) is 233 Å². The number of hydrogen-bond acceptors (Lipinski definition) is 15. The number of hydrogen-bond donors (Lipinski definition) is 1. The molecule has 0 spiro atoms. The molecule has 488 valence electrons. The molecule has 6 saturated heterocycles. The maximum atomic E-state index is 14.0. The van der Waals surface area contributed by atoms with Gasteiger partial charge in [0.05, 0.1) is 28.5 Å². The van der Waals surface area contributed by atoms with Gasteiger partial charge in [-0.1, -0.05) is 95.6 Å². The SMILES string of the molecule is Cc1ccc(-c2ncccn2)c(C(=O)N2C3CCC(C(=O)Cc4ccccc4O)C2CC3)c1.Cc1ccc(-c2ncccn2)c(C(=O)N2C3CCC(c4nc5ccccc5o4)C2CC3)c1.Cc1ccc(-c2ncccn2)c(C(=O)N2C3CCC(c4nc5ccccc5o4)C2CC3)c1. The van der Waals surface area contributed by atoms with Gasteiger partial charge in [-0.2, -0.15) is 0 Å². The predicted octanol–water partition coefficient (Wildman–Crippen LogP) is 14.6. The highest BCUT2D eigenvalue weighted by atomic mass is 16.4. The molecule has 0 aliphatic carbocycles. The van der Waals surface area contributed by atoms with Crippen molar-refractivity contribution in [2.45, 2.75) is 152 Å². The summed E-state index contributed by atoms with van der Waals surface area (Å²) in [5.74, 6) is 3.52. The van der Waals surface area contributed by atoms with E-state index in [-0.39, 0.29) is 89.7 Å². The van der Waals surface area contributed by atoms with E-state index in [0.717, 1.165) is 139 Å². The van der Waals surface area contributed by atoms with Gasteiger partial charge < -0.3 is 28.6 Å². The first kappa shape index (κ1) is 62.5. The lowest BCUT2D eigenvalue weighted by atomic mass is 9.83. The van der Waals surface area contributed by atoms with Gasteiger partial charge in [0.2, 0.25) is 11.8 Å². The topological polar surface area (TPSA) is 228 Å². The van der Waals surface area contributed by atoms with Crippen LogP contribution in [-0.2, 0) is 11.2 Å². The van der Waals surface area contributed by atoms with Gasteiger partial charge in [-0.15, -0.1) is 0 Å². The number of Topliss-reactive ketones (excluding diaryl/α,β-unsaturated/α-hetero) is 1. The number of oxazole rings is 2. The number of aryl methyl sites for hydroxylation is 3. The van der Waals surface area contributed by atoms with Crippen molar-refractivity contribution < 1.29 is 33.1 Å². The largest absolute Gasteiger partial charge is 0.508 e. The van der Waals surface area contributed by atoms with Crippen molar-refractivity contribution >= 4 is 45.7 Å². The first-order valence-electron chi connectivity index (χ1n) is 34.0. The third kappa shape index (κ3) is 12.3. The second-order valence-electron chi connectivity index (χ2n) is 26.8. The Labute approximate surface area is 562 Å². The molecule has 0 saturated carbocycles. The van der Waals surface area contributed by atoms with Gasteiger partial charge in [0.15, 0.2) is 28.6 Å². The fraction of sp³-hybridized carbons (Fsp3) is 0.316. The van der Waals surface area contributed by atoms with Gasteiger partial charge in [-0.3, -0.25) is 19.2 Å². The molecule has 6 fully saturated rings. The highest BCUT2D eigenvalue weighted by Gasteiger charge is 2.50. The van der Waals surface area contributed by atoms with Crippen LogP contribution >= 0.6 is 0 Å². The van der Waals surface area contributed by atoms with E-state index in [1.807, 2.05) is 135 Å². The lowest BCUT2D eigenvalue weighted by Crippen LogP contribution is -2.50. The molecule has 18 heteroatoms. The third-order valence-corrected chi connectivity index (χ3v) is 20.8. The Morgan fingerprint density at radius 3 is 1.19 bits per heavy atom. The molecule has 11 heterocycles. The molecule has 6 bridgehead atoms. The Kier molecular flexibility index (Phi) is 17.3. The van der Waals surface area contributed by atoms with Crippen LogP contribution in [0.15, 0.2) is 192 Å². The summed E-state index contributed by atoms with van der Waals surface area (Å²) in [6.45, 7) is 5.99. The molecule has 0 radical (unpaired) electrons. The van der Waals surface area contributed by atoms with E-state index >= 15 is 0 Å². The van der Waals surface area contributed by atoms with E-state index in [2.05, 4.69) is 39.7 Å². The number of rotatable bonds is 11. The average molecular weight is 1290 g/mol. The van der Waals surface area contributed by atoms with Gasteiger partial charge >= 0.3 is 0 Å². The van der Waals surface area contributed by atoms with Crippen LogP contribution in [0.4, 0.5) is 0 Å². The number of benzene rings is 6. The summed E-state index contributed by atoms with van der Waals surface area (Å²) in [4.78, 5) is 97.2. The molecule has 1 N–H and O–H groups in total. The minimum atomic E-state index is -0.214. The van der Waals surface area contributed by atoms with Crippen LogP contribution in [0, 0.1) is 26.7 Å². The molecular formula is C79H75N11O7. The molecule has 97 heavy (non-hydrogen) atoms.